The third-order valence-electron chi connectivity index (χ3n) is 3.63. The first kappa shape index (κ1) is 24.4. The van der Waals surface area contributed by atoms with E-state index in [1.54, 1.807) is 20.8 Å². The largest absolute Gasteiger partial charge is 0.456 e. The second-order valence-electron chi connectivity index (χ2n) is 7.27. The van der Waals surface area contributed by atoms with Gasteiger partial charge in [-0.2, -0.15) is 13.2 Å². The van der Waals surface area contributed by atoms with Gasteiger partial charge in [0.2, 0.25) is 0 Å². The second kappa shape index (κ2) is 9.12. The average Bonchev–Trinajstić information content (AvgIpc) is 2.55. The zero-order chi connectivity index (χ0) is 22.9. The summed E-state index contributed by atoms with van der Waals surface area (Å²) in [7, 11) is 0. The Labute approximate surface area is 189 Å². The van der Waals surface area contributed by atoms with Crippen molar-refractivity contribution in [3.63, 3.8) is 0 Å². The molecular formula is C21H16BrCl2F3O3. The number of halogens is 6. The van der Waals surface area contributed by atoms with Gasteiger partial charge in [0, 0.05) is 20.1 Å². The molecule has 2 aromatic carbocycles. The van der Waals surface area contributed by atoms with Crippen molar-refractivity contribution in [2.45, 2.75) is 32.5 Å². The lowest BCUT2D eigenvalue weighted by atomic mass is 10.0. The molecule has 2 rings (SSSR count). The molecule has 0 saturated carbocycles. The van der Waals surface area contributed by atoms with Crippen LogP contribution in [-0.2, 0) is 4.74 Å². The van der Waals surface area contributed by atoms with Crippen molar-refractivity contribution >= 4 is 56.5 Å². The number of rotatable bonds is 4. The highest BCUT2D eigenvalue weighted by Gasteiger charge is 2.35. The van der Waals surface area contributed by atoms with Gasteiger partial charge in [0.25, 0.3) is 0 Å². The summed E-state index contributed by atoms with van der Waals surface area (Å²) in [6.45, 7) is 5.09. The summed E-state index contributed by atoms with van der Waals surface area (Å²) >= 11 is 14.8. The smallest absolute Gasteiger partial charge is 0.417 e. The molecule has 2 aromatic rings. The van der Waals surface area contributed by atoms with Gasteiger partial charge in [-0.15, -0.1) is 0 Å². The van der Waals surface area contributed by atoms with E-state index in [4.69, 9.17) is 27.9 Å². The van der Waals surface area contributed by atoms with Gasteiger partial charge in [-0.25, -0.2) is 4.79 Å². The van der Waals surface area contributed by atoms with Gasteiger partial charge < -0.3 is 4.74 Å². The molecule has 0 amide bonds. The Hall–Kier alpha value is -1.83. The lowest BCUT2D eigenvalue weighted by Crippen LogP contribution is -2.24. The molecule has 0 saturated heterocycles. The van der Waals surface area contributed by atoms with Crippen LogP contribution in [0, 0.1) is 0 Å². The summed E-state index contributed by atoms with van der Waals surface area (Å²) in [5, 5.41) is 0.00844. The molecule has 3 nitrogen and oxygen atoms in total. The first-order valence-corrected chi connectivity index (χ1v) is 10.0. The maximum absolute atomic E-state index is 13.6. The summed E-state index contributed by atoms with van der Waals surface area (Å²) < 4.78 is 46.2. The fourth-order valence-corrected chi connectivity index (χ4v) is 3.49. The molecule has 0 unspecified atom stereocenters. The minimum absolute atomic E-state index is 0.00422. The number of hydrogen-bond acceptors (Lipinski definition) is 3. The van der Waals surface area contributed by atoms with Crippen molar-refractivity contribution < 1.29 is 27.5 Å². The third-order valence-corrected chi connectivity index (χ3v) is 4.72. The average molecular weight is 524 g/mol. The van der Waals surface area contributed by atoms with Gasteiger partial charge in [-0.3, -0.25) is 4.79 Å². The van der Waals surface area contributed by atoms with Crippen LogP contribution in [0.25, 0.3) is 5.57 Å². The van der Waals surface area contributed by atoms with Crippen molar-refractivity contribution in [3.05, 3.63) is 73.7 Å². The Bertz CT molecular complexity index is 1000. The number of alkyl halides is 3. The molecule has 0 aliphatic carbocycles. The molecular weight excluding hydrogens is 508 g/mol. The van der Waals surface area contributed by atoms with Crippen LogP contribution in [0.15, 0.2) is 46.9 Å². The fourth-order valence-electron chi connectivity index (χ4n) is 2.42. The van der Waals surface area contributed by atoms with Crippen LogP contribution >= 0.6 is 39.1 Å². The van der Waals surface area contributed by atoms with Crippen molar-refractivity contribution in [2.24, 2.45) is 0 Å². The molecule has 0 spiro atoms. The van der Waals surface area contributed by atoms with Gasteiger partial charge in [-0.05, 0) is 78.7 Å². The number of esters is 1. The van der Waals surface area contributed by atoms with E-state index < -0.39 is 29.1 Å². The molecule has 0 heterocycles. The molecule has 30 heavy (non-hydrogen) atoms. The van der Waals surface area contributed by atoms with E-state index in [0.29, 0.717) is 6.08 Å². The minimum atomic E-state index is -4.82. The van der Waals surface area contributed by atoms with E-state index in [-0.39, 0.29) is 31.2 Å². The molecule has 0 aromatic heterocycles. The fraction of sp³-hybridized carbons (Fsp3) is 0.238. The van der Waals surface area contributed by atoms with Crippen LogP contribution < -0.4 is 0 Å². The highest BCUT2D eigenvalue weighted by molar-refractivity contribution is 9.10. The van der Waals surface area contributed by atoms with E-state index in [1.807, 2.05) is 0 Å². The number of ether oxygens (including phenoxy) is 1. The molecule has 0 atom stereocenters. The van der Waals surface area contributed by atoms with E-state index >= 15 is 0 Å². The topological polar surface area (TPSA) is 43.4 Å². The van der Waals surface area contributed by atoms with Gasteiger partial charge >= 0.3 is 12.1 Å². The van der Waals surface area contributed by atoms with Crippen LogP contribution in [0.4, 0.5) is 13.2 Å². The number of benzene rings is 2. The number of allylic oxidation sites excluding steroid dienone is 2. The third kappa shape index (κ3) is 6.59. The summed E-state index contributed by atoms with van der Waals surface area (Å²) in [6, 6.07) is 7.25. The maximum Gasteiger partial charge on any atom is 0.417 e. The SMILES string of the molecule is CC(C)(C)OC(=O)c1ccc(C(=O)/C=C(\c2cc(Cl)cc(Cl)c2)C(F)(F)F)cc1Br. The minimum Gasteiger partial charge on any atom is -0.456 e. The summed E-state index contributed by atoms with van der Waals surface area (Å²) in [6.07, 6.45) is -4.35. The Morgan fingerprint density at radius 3 is 2.00 bits per heavy atom. The lowest BCUT2D eigenvalue weighted by Gasteiger charge is -2.20. The van der Waals surface area contributed by atoms with Gasteiger partial charge in [0.1, 0.15) is 5.60 Å². The Kier molecular flexibility index (Phi) is 7.43. The molecule has 0 fully saturated rings. The van der Waals surface area contributed by atoms with E-state index in [2.05, 4.69) is 15.9 Å². The number of hydrogen-bond donors (Lipinski definition) is 0. The molecule has 0 aliphatic heterocycles. The zero-order valence-electron chi connectivity index (χ0n) is 16.0. The van der Waals surface area contributed by atoms with Crippen LogP contribution in [0.2, 0.25) is 10.0 Å². The van der Waals surface area contributed by atoms with E-state index in [9.17, 15) is 22.8 Å². The molecule has 0 bridgehead atoms. The van der Waals surface area contributed by atoms with Gasteiger partial charge in [0.05, 0.1) is 11.1 Å². The predicted molar refractivity (Wildman–Crippen MR) is 114 cm³/mol. The first-order chi connectivity index (χ1) is 13.7. The standard InChI is InChI=1S/C21H16BrCl2F3O3/c1-20(2,3)30-19(29)15-5-4-11(8-17(15)22)18(28)10-16(21(25,26)27)12-6-13(23)9-14(24)7-12/h4-10H,1-3H3/b16-10+. The van der Waals surface area contributed by atoms with Crippen molar-refractivity contribution in [1.82, 2.24) is 0 Å². The summed E-state index contributed by atoms with van der Waals surface area (Å²) in [4.78, 5) is 24.7. The maximum atomic E-state index is 13.6. The first-order valence-electron chi connectivity index (χ1n) is 8.50. The molecule has 160 valence electrons. The second-order valence-corrected chi connectivity index (χ2v) is 9.00. The van der Waals surface area contributed by atoms with Crippen LogP contribution in [0.1, 0.15) is 47.1 Å². The number of carbonyl (C=O) groups excluding carboxylic acids is 2. The number of ketones is 1. The van der Waals surface area contributed by atoms with Crippen molar-refractivity contribution in [1.29, 1.82) is 0 Å². The predicted octanol–water partition coefficient (Wildman–Crippen LogP) is 7.54. The normalized spacial score (nSPS) is 12.6. The zero-order valence-corrected chi connectivity index (χ0v) is 19.1. The van der Waals surface area contributed by atoms with Crippen LogP contribution in [0.5, 0.6) is 0 Å². The van der Waals surface area contributed by atoms with Crippen molar-refractivity contribution in [2.75, 3.05) is 0 Å². The van der Waals surface area contributed by atoms with E-state index in [0.717, 1.165) is 12.1 Å². The number of carbonyl (C=O) groups is 2. The van der Waals surface area contributed by atoms with Gasteiger partial charge in [0.15, 0.2) is 5.78 Å². The Morgan fingerprint density at radius 2 is 1.53 bits per heavy atom. The summed E-state index contributed by atoms with van der Waals surface area (Å²) in [5.41, 5.74) is -2.16. The van der Waals surface area contributed by atoms with Crippen molar-refractivity contribution in [3.8, 4) is 0 Å². The molecule has 0 radical (unpaired) electrons. The molecule has 9 heteroatoms. The molecule has 0 N–H and O–H groups in total. The van der Waals surface area contributed by atoms with Crippen LogP contribution in [-0.4, -0.2) is 23.5 Å². The lowest BCUT2D eigenvalue weighted by molar-refractivity contribution is -0.0689. The summed E-state index contributed by atoms with van der Waals surface area (Å²) in [5.74, 6) is -1.54. The Morgan fingerprint density at radius 1 is 0.967 bits per heavy atom. The quantitative estimate of drug-likeness (QED) is 0.236. The monoisotopic (exact) mass is 522 g/mol. The van der Waals surface area contributed by atoms with Crippen LogP contribution in [0.3, 0.4) is 0 Å². The molecule has 0 aliphatic rings. The highest BCUT2D eigenvalue weighted by atomic mass is 79.9. The van der Waals surface area contributed by atoms with Gasteiger partial charge in [-0.1, -0.05) is 29.3 Å². The Balaban J connectivity index is 2.43. The highest BCUT2D eigenvalue weighted by Crippen LogP contribution is 2.36. The van der Waals surface area contributed by atoms with E-state index in [1.165, 1.54) is 24.3 Å².